The Hall–Kier alpha value is -13.2. The summed E-state index contributed by atoms with van der Waals surface area (Å²) in [6.07, 6.45) is -10.6. The van der Waals surface area contributed by atoms with Gasteiger partial charge in [0, 0.05) is 55.0 Å². The van der Waals surface area contributed by atoms with Crippen molar-refractivity contribution in [1.29, 1.82) is 21.0 Å². The van der Waals surface area contributed by atoms with Gasteiger partial charge in [-0.25, -0.2) is 24.2 Å². The molecule has 17 heteroatoms. The second-order valence-corrected chi connectivity index (χ2v) is 20.3. The van der Waals surface area contributed by atoms with Gasteiger partial charge in [0.05, 0.1) is 96.0 Å². The Labute approximate surface area is 496 Å². The van der Waals surface area contributed by atoms with Crippen LogP contribution in [0.25, 0.3) is 135 Å². The molecule has 12 rings (SSSR count). The highest BCUT2D eigenvalue weighted by atomic mass is 19.4. The van der Waals surface area contributed by atoms with E-state index in [1.165, 1.54) is 36.4 Å². The molecule has 0 radical (unpaired) electrons. The summed E-state index contributed by atoms with van der Waals surface area (Å²) in [7, 11) is 0. The van der Waals surface area contributed by atoms with Gasteiger partial charge < -0.3 is 9.13 Å². The zero-order valence-electron chi connectivity index (χ0n) is 44.9. The number of benzene rings is 10. The van der Waals surface area contributed by atoms with Gasteiger partial charge in [-0.1, -0.05) is 24.3 Å². The fraction of sp³-hybridized carbons (Fsp3) is 0.0282. The standard InChI is InChI=1S/C71H29F6N11/c1-82-54-18-39(35-78)14-47(24-54)43-6-10-64-59(28-43)60-29-44(48-15-40(36-79)19-55(25-48)83-2)7-11-65(60)87(64)68-34-63(86-5)69(33-58(68)51-22-52(70(72,73)74)32-53(23-51)71(75,76)77)88-66-12-8-45(49-16-41(37-80)20-56(26-49)84-3)30-61(66)62-31-46(9-13-67(62)88)50-17-42(38-81)21-57(27-50)85-4/h6-34H. The molecule has 0 N–H and O–H groups in total. The molecule has 88 heavy (non-hydrogen) atoms. The average molecular weight is 1150 g/mol. The summed E-state index contributed by atoms with van der Waals surface area (Å²) >= 11 is 0. The van der Waals surface area contributed by atoms with E-state index in [-0.39, 0.29) is 73.7 Å². The van der Waals surface area contributed by atoms with E-state index in [1.54, 1.807) is 130 Å². The first-order valence-electron chi connectivity index (χ1n) is 26.1. The lowest BCUT2D eigenvalue weighted by Crippen LogP contribution is -2.11. The Bertz CT molecular complexity index is 5080. The van der Waals surface area contributed by atoms with Crippen LogP contribution in [-0.2, 0) is 12.4 Å². The Morgan fingerprint density at radius 3 is 0.886 bits per heavy atom. The number of alkyl halides is 6. The highest BCUT2D eigenvalue weighted by Gasteiger charge is 2.38. The van der Waals surface area contributed by atoms with Crippen LogP contribution in [0.3, 0.4) is 0 Å². The van der Waals surface area contributed by atoms with Gasteiger partial charge in [0.25, 0.3) is 0 Å². The number of nitriles is 4. The predicted molar refractivity (Wildman–Crippen MR) is 322 cm³/mol. The molecule has 410 valence electrons. The van der Waals surface area contributed by atoms with Crippen LogP contribution in [0.1, 0.15) is 33.4 Å². The molecule has 0 fully saturated rings. The van der Waals surface area contributed by atoms with Crippen molar-refractivity contribution in [3.8, 4) is 91.3 Å². The smallest absolute Gasteiger partial charge is 0.319 e. The minimum absolute atomic E-state index is 0.0162. The molecule has 10 aromatic carbocycles. The van der Waals surface area contributed by atoms with Crippen molar-refractivity contribution >= 4 is 72.0 Å². The Morgan fingerprint density at radius 1 is 0.307 bits per heavy atom. The molecule has 0 aliphatic rings. The summed E-state index contributed by atoms with van der Waals surface area (Å²) in [4.78, 5) is 18.3. The number of hydrogen-bond donors (Lipinski definition) is 0. The van der Waals surface area contributed by atoms with Gasteiger partial charge in [-0.3, -0.25) is 0 Å². The van der Waals surface area contributed by atoms with Crippen LogP contribution in [0.4, 0.5) is 54.8 Å². The van der Waals surface area contributed by atoms with Gasteiger partial charge in [-0.2, -0.15) is 47.4 Å². The van der Waals surface area contributed by atoms with Crippen molar-refractivity contribution in [3.63, 3.8) is 0 Å². The molecule has 2 heterocycles. The molecule has 0 spiro atoms. The maximum absolute atomic E-state index is 15.1. The van der Waals surface area contributed by atoms with Gasteiger partial charge in [0.1, 0.15) is 0 Å². The van der Waals surface area contributed by atoms with E-state index in [0.717, 1.165) is 0 Å². The summed E-state index contributed by atoms with van der Waals surface area (Å²) in [5.41, 5.74) is 3.22. The molecule has 0 bridgehead atoms. The Morgan fingerprint density at radius 2 is 0.614 bits per heavy atom. The summed E-state index contributed by atoms with van der Waals surface area (Å²) in [6.45, 7) is 39.9. The van der Waals surface area contributed by atoms with Crippen molar-refractivity contribution in [1.82, 2.24) is 9.13 Å². The lowest BCUT2D eigenvalue weighted by Gasteiger charge is -2.21. The lowest BCUT2D eigenvalue weighted by atomic mass is 9.96. The molecule has 12 aromatic rings. The van der Waals surface area contributed by atoms with E-state index >= 15 is 26.3 Å². The maximum Gasteiger partial charge on any atom is 0.416 e. The fourth-order valence-electron chi connectivity index (χ4n) is 11.3. The molecular formula is C71H29F6N11. The number of aromatic nitrogens is 2. The molecule has 2 aromatic heterocycles. The number of halogens is 6. The first kappa shape index (κ1) is 55.3. The van der Waals surface area contributed by atoms with Crippen LogP contribution < -0.4 is 0 Å². The van der Waals surface area contributed by atoms with E-state index in [9.17, 15) is 21.0 Å². The molecule has 11 nitrogen and oxygen atoms in total. The molecule has 0 saturated heterocycles. The molecular weight excluding hydrogens is 1120 g/mol. The molecule has 0 atom stereocenters. The first-order valence-corrected chi connectivity index (χ1v) is 26.1. The van der Waals surface area contributed by atoms with E-state index < -0.39 is 29.0 Å². The zero-order chi connectivity index (χ0) is 61.9. The van der Waals surface area contributed by atoms with Gasteiger partial charge in [0.15, 0.2) is 22.7 Å². The molecule has 0 unspecified atom stereocenters. The van der Waals surface area contributed by atoms with Crippen molar-refractivity contribution in [2.24, 2.45) is 0 Å². The van der Waals surface area contributed by atoms with Crippen LogP contribution >= 0.6 is 0 Å². The summed E-state index contributed by atoms with van der Waals surface area (Å²) < 4.78 is 93.9. The van der Waals surface area contributed by atoms with Gasteiger partial charge >= 0.3 is 12.4 Å². The lowest BCUT2D eigenvalue weighted by molar-refractivity contribution is -0.143. The number of fused-ring (bicyclic) bond motifs is 6. The van der Waals surface area contributed by atoms with Gasteiger partial charge in [-0.15, -0.1) is 0 Å². The number of rotatable bonds is 7. The van der Waals surface area contributed by atoms with E-state index in [2.05, 4.69) is 48.5 Å². The summed E-state index contributed by atoms with van der Waals surface area (Å²) in [6, 6.07) is 51.7. The molecule has 0 aliphatic heterocycles. The van der Waals surface area contributed by atoms with E-state index in [0.29, 0.717) is 100 Å². The normalized spacial score (nSPS) is 11.2. The largest absolute Gasteiger partial charge is 0.416 e. The van der Waals surface area contributed by atoms with E-state index in [4.69, 9.17) is 32.9 Å². The second-order valence-electron chi connectivity index (χ2n) is 20.3. The topological polar surface area (TPSA) is 127 Å². The molecule has 0 aliphatic carbocycles. The van der Waals surface area contributed by atoms with Crippen LogP contribution in [-0.4, -0.2) is 9.13 Å². The number of hydrogen-bond acceptors (Lipinski definition) is 4. The second kappa shape index (κ2) is 21.2. The van der Waals surface area contributed by atoms with Crippen LogP contribution in [0, 0.1) is 78.2 Å². The summed E-state index contributed by atoms with van der Waals surface area (Å²) in [5, 5.41) is 41.8. The third kappa shape index (κ3) is 9.69. The monoisotopic (exact) mass is 1150 g/mol. The SMILES string of the molecule is [C-]#[N+]c1cc(C#N)cc(-c2ccc3c(c2)c2cc(-c4cc(C#N)cc([N+]#[C-])c4)ccc2n3-c2cc(-c3cc(C(F)(F)F)cc(C(F)(F)F)c3)c(-n3c4ccc(-c5cc(C#N)cc([N+]#[C-])c5)cc4c4cc(-c5cc(C#N)cc([N+]#[C-])c5)ccc43)cc2[N+]#[C-])c1. The zero-order valence-corrected chi connectivity index (χ0v) is 44.9. The Kier molecular flexibility index (Phi) is 13.3. The van der Waals surface area contributed by atoms with Gasteiger partial charge in [0.2, 0.25) is 5.69 Å². The highest BCUT2D eigenvalue weighted by Crippen LogP contribution is 2.48. The fourth-order valence-corrected chi connectivity index (χ4v) is 11.3. The third-order valence-corrected chi connectivity index (χ3v) is 15.2. The summed E-state index contributed by atoms with van der Waals surface area (Å²) in [5.74, 6) is 0. The van der Waals surface area contributed by atoms with Gasteiger partial charge in [-0.05, 0) is 202 Å². The van der Waals surface area contributed by atoms with E-state index in [1.807, 2.05) is 0 Å². The van der Waals surface area contributed by atoms with Crippen LogP contribution in [0.15, 0.2) is 176 Å². The van der Waals surface area contributed by atoms with Crippen LogP contribution in [0.2, 0.25) is 0 Å². The Balaban J connectivity index is 1.21. The number of nitrogens with zero attached hydrogens (tertiary/aromatic N) is 11. The quantitative estimate of drug-likeness (QED) is 0.116. The predicted octanol–water partition coefficient (Wildman–Crippen LogP) is 20.5. The minimum atomic E-state index is -5.28. The average Bonchev–Trinajstić information content (AvgIpc) is 1.73. The minimum Gasteiger partial charge on any atom is -0.319 e. The molecule has 0 saturated carbocycles. The maximum atomic E-state index is 15.1. The first-order chi connectivity index (χ1) is 42.4. The highest BCUT2D eigenvalue weighted by molar-refractivity contribution is 6.14. The molecule has 0 amide bonds. The van der Waals surface area contributed by atoms with Crippen molar-refractivity contribution in [2.45, 2.75) is 12.4 Å². The van der Waals surface area contributed by atoms with Crippen LogP contribution in [0.5, 0.6) is 0 Å². The van der Waals surface area contributed by atoms with Crippen molar-refractivity contribution < 1.29 is 26.3 Å². The third-order valence-electron chi connectivity index (χ3n) is 15.2. The van der Waals surface area contributed by atoms with Crippen molar-refractivity contribution in [2.75, 3.05) is 0 Å². The van der Waals surface area contributed by atoms with Crippen molar-refractivity contribution in [3.05, 3.63) is 266 Å².